The summed E-state index contributed by atoms with van der Waals surface area (Å²) >= 11 is 0. The van der Waals surface area contributed by atoms with Crippen LogP contribution in [0.25, 0.3) is 10.8 Å². The Balaban J connectivity index is 1.92. The first-order chi connectivity index (χ1) is 9.15. The summed E-state index contributed by atoms with van der Waals surface area (Å²) in [6, 6.07) is 7.36. The van der Waals surface area contributed by atoms with Crippen molar-refractivity contribution in [2.45, 2.75) is 26.7 Å². The molecule has 4 nitrogen and oxygen atoms in total. The third-order valence-corrected chi connectivity index (χ3v) is 2.77. The molecule has 0 aliphatic rings. The van der Waals surface area contributed by atoms with E-state index in [4.69, 9.17) is 9.78 Å². The summed E-state index contributed by atoms with van der Waals surface area (Å²) in [7, 11) is 0. The number of benzene rings is 1. The van der Waals surface area contributed by atoms with Crippen molar-refractivity contribution in [2.24, 2.45) is 5.92 Å². The zero-order chi connectivity index (χ0) is 13.7. The monoisotopic (exact) mass is 259 g/mol. The van der Waals surface area contributed by atoms with Gasteiger partial charge in [0.25, 0.3) is 0 Å². The van der Waals surface area contributed by atoms with Gasteiger partial charge in [0.1, 0.15) is 0 Å². The molecule has 0 saturated heterocycles. The number of aromatic nitrogens is 1. The Morgan fingerprint density at radius 1 is 1.26 bits per heavy atom. The summed E-state index contributed by atoms with van der Waals surface area (Å²) in [5.74, 6) is 0.623. The van der Waals surface area contributed by atoms with E-state index in [0.717, 1.165) is 17.2 Å². The van der Waals surface area contributed by atoms with E-state index in [1.807, 2.05) is 12.1 Å². The maximum absolute atomic E-state index is 11.4. The van der Waals surface area contributed by atoms with Crippen LogP contribution in [0.15, 0.2) is 36.7 Å². The van der Waals surface area contributed by atoms with E-state index >= 15 is 0 Å². The van der Waals surface area contributed by atoms with Gasteiger partial charge in [0.15, 0.2) is 5.75 Å². The van der Waals surface area contributed by atoms with Crippen molar-refractivity contribution >= 4 is 16.7 Å². The van der Waals surface area contributed by atoms with Crippen molar-refractivity contribution in [2.75, 3.05) is 0 Å². The van der Waals surface area contributed by atoms with Crippen LogP contribution in [0.2, 0.25) is 0 Å². The summed E-state index contributed by atoms with van der Waals surface area (Å²) in [6.07, 6.45) is 4.63. The molecule has 1 heterocycles. The van der Waals surface area contributed by atoms with Crippen molar-refractivity contribution < 1.29 is 14.6 Å². The van der Waals surface area contributed by atoms with Gasteiger partial charge in [0.2, 0.25) is 0 Å². The Hall–Kier alpha value is -2.10. The van der Waals surface area contributed by atoms with Crippen LogP contribution in [-0.4, -0.2) is 11.0 Å². The largest absolute Gasteiger partial charge is 0.355 e. The average molecular weight is 259 g/mol. The Morgan fingerprint density at radius 3 is 2.89 bits per heavy atom. The fourth-order valence-corrected chi connectivity index (χ4v) is 1.66. The first kappa shape index (κ1) is 13.3. The Labute approximate surface area is 112 Å². The van der Waals surface area contributed by atoms with Gasteiger partial charge in [0.05, 0.1) is 6.42 Å². The van der Waals surface area contributed by atoms with Gasteiger partial charge < -0.3 is 0 Å². The lowest BCUT2D eigenvalue weighted by atomic mass is 10.1. The zero-order valence-corrected chi connectivity index (χ0v) is 11.1. The van der Waals surface area contributed by atoms with Gasteiger partial charge in [-0.3, -0.25) is 14.8 Å². The van der Waals surface area contributed by atoms with E-state index in [9.17, 15) is 4.79 Å². The molecule has 100 valence electrons. The van der Waals surface area contributed by atoms with Crippen LogP contribution in [0.4, 0.5) is 0 Å². The summed E-state index contributed by atoms with van der Waals surface area (Å²) in [6.45, 7) is 4.12. The van der Waals surface area contributed by atoms with Gasteiger partial charge in [-0.25, -0.2) is 4.79 Å². The average Bonchev–Trinajstić information content (AvgIpc) is 2.42. The molecule has 0 spiro atoms. The third-order valence-electron chi connectivity index (χ3n) is 2.77. The van der Waals surface area contributed by atoms with Crippen molar-refractivity contribution in [3.63, 3.8) is 0 Å². The standard InChI is InChI=1S/C15H17NO3/c1-11(2)3-6-15(17)19-18-14-5-4-12-7-8-16-10-13(12)9-14/h4-5,7-11H,3,6H2,1-2H3. The van der Waals surface area contributed by atoms with Gasteiger partial charge in [0, 0.05) is 17.8 Å². The number of nitrogens with zero attached hydrogens (tertiary/aromatic N) is 1. The minimum atomic E-state index is -0.347. The summed E-state index contributed by atoms with van der Waals surface area (Å²) < 4.78 is 0. The minimum Gasteiger partial charge on any atom is -0.287 e. The Kier molecular flexibility index (Phi) is 4.34. The van der Waals surface area contributed by atoms with Crippen LogP contribution in [0.5, 0.6) is 5.75 Å². The molecule has 0 fully saturated rings. The highest BCUT2D eigenvalue weighted by Gasteiger charge is 2.07. The van der Waals surface area contributed by atoms with Crippen LogP contribution in [0, 0.1) is 5.92 Å². The molecule has 2 rings (SSSR count). The quantitative estimate of drug-likeness (QED) is 0.609. The second-order valence-electron chi connectivity index (χ2n) is 4.86. The van der Waals surface area contributed by atoms with Crippen LogP contribution in [0.1, 0.15) is 26.7 Å². The second kappa shape index (κ2) is 6.18. The highest BCUT2D eigenvalue weighted by Crippen LogP contribution is 2.20. The molecule has 0 bridgehead atoms. The molecule has 2 aromatic rings. The molecule has 1 aromatic carbocycles. The number of hydrogen-bond donors (Lipinski definition) is 0. The molecule has 0 unspecified atom stereocenters. The van der Waals surface area contributed by atoms with Gasteiger partial charge >= 0.3 is 5.97 Å². The van der Waals surface area contributed by atoms with E-state index in [1.165, 1.54) is 0 Å². The lowest BCUT2D eigenvalue weighted by molar-refractivity contribution is -0.214. The molecular weight excluding hydrogens is 242 g/mol. The second-order valence-corrected chi connectivity index (χ2v) is 4.86. The topological polar surface area (TPSA) is 48.4 Å². The fourth-order valence-electron chi connectivity index (χ4n) is 1.66. The highest BCUT2D eigenvalue weighted by molar-refractivity contribution is 5.82. The normalized spacial score (nSPS) is 10.7. The Bertz CT molecular complexity index is 566. The van der Waals surface area contributed by atoms with Gasteiger partial charge in [-0.1, -0.05) is 19.9 Å². The molecule has 4 heteroatoms. The fraction of sp³-hybridized carbons (Fsp3) is 0.333. The highest BCUT2D eigenvalue weighted by atomic mass is 17.2. The summed E-state index contributed by atoms with van der Waals surface area (Å²) in [5, 5.41) is 2.01. The Morgan fingerprint density at radius 2 is 2.11 bits per heavy atom. The molecule has 0 saturated carbocycles. The van der Waals surface area contributed by atoms with Crippen LogP contribution < -0.4 is 4.89 Å². The summed E-state index contributed by atoms with van der Waals surface area (Å²) in [5.41, 5.74) is 0. The van der Waals surface area contributed by atoms with Gasteiger partial charge in [-0.15, -0.1) is 0 Å². The van der Waals surface area contributed by atoms with E-state index in [-0.39, 0.29) is 5.97 Å². The van der Waals surface area contributed by atoms with E-state index in [0.29, 0.717) is 18.1 Å². The lowest BCUT2D eigenvalue weighted by Gasteiger charge is -2.06. The number of rotatable bonds is 5. The van der Waals surface area contributed by atoms with Crippen molar-refractivity contribution in [1.29, 1.82) is 0 Å². The first-order valence-corrected chi connectivity index (χ1v) is 6.36. The number of carbonyl (C=O) groups is 1. The maximum Gasteiger partial charge on any atom is 0.355 e. The van der Waals surface area contributed by atoms with Crippen LogP contribution >= 0.6 is 0 Å². The first-order valence-electron chi connectivity index (χ1n) is 6.36. The van der Waals surface area contributed by atoms with Gasteiger partial charge in [-0.05, 0) is 35.9 Å². The molecule has 0 N–H and O–H groups in total. The number of pyridine rings is 1. The zero-order valence-electron chi connectivity index (χ0n) is 11.1. The van der Waals surface area contributed by atoms with Crippen LogP contribution in [-0.2, 0) is 9.68 Å². The molecule has 1 aromatic heterocycles. The third kappa shape index (κ3) is 3.95. The van der Waals surface area contributed by atoms with Crippen LogP contribution in [0.3, 0.4) is 0 Å². The van der Waals surface area contributed by atoms with E-state index < -0.39 is 0 Å². The SMILES string of the molecule is CC(C)CCC(=O)OOc1ccc2ccncc2c1. The van der Waals surface area contributed by atoms with E-state index in [2.05, 4.69) is 18.8 Å². The molecule has 0 aliphatic carbocycles. The van der Waals surface area contributed by atoms with Crippen molar-refractivity contribution in [1.82, 2.24) is 4.98 Å². The number of fused-ring (bicyclic) bond motifs is 1. The van der Waals surface area contributed by atoms with Crippen molar-refractivity contribution in [3.8, 4) is 5.75 Å². The van der Waals surface area contributed by atoms with E-state index in [1.54, 1.807) is 24.5 Å². The molecule has 0 aliphatic heterocycles. The maximum atomic E-state index is 11.4. The number of carbonyl (C=O) groups excluding carboxylic acids is 1. The minimum absolute atomic E-state index is 0.347. The summed E-state index contributed by atoms with van der Waals surface area (Å²) in [4.78, 5) is 25.3. The van der Waals surface area contributed by atoms with Crippen molar-refractivity contribution in [3.05, 3.63) is 36.7 Å². The predicted molar refractivity (Wildman–Crippen MR) is 72.5 cm³/mol. The predicted octanol–water partition coefficient (Wildman–Crippen LogP) is 3.51. The lowest BCUT2D eigenvalue weighted by Crippen LogP contribution is -2.08. The molecule has 0 atom stereocenters. The molecule has 19 heavy (non-hydrogen) atoms. The molecule has 0 amide bonds. The molecule has 0 radical (unpaired) electrons. The number of hydrogen-bond acceptors (Lipinski definition) is 4. The smallest absolute Gasteiger partial charge is 0.287 e. The van der Waals surface area contributed by atoms with Gasteiger partial charge in [-0.2, -0.15) is 0 Å². The molecular formula is C15H17NO3.